The minimum absolute atomic E-state index is 0.233. The van der Waals surface area contributed by atoms with Crippen molar-refractivity contribution in [2.24, 2.45) is 5.10 Å². The monoisotopic (exact) mass is 688 g/mol. The molecule has 0 fully saturated rings. The van der Waals surface area contributed by atoms with E-state index in [9.17, 15) is 31.2 Å². The van der Waals surface area contributed by atoms with Crippen molar-refractivity contribution in [1.29, 1.82) is 0 Å². The van der Waals surface area contributed by atoms with E-state index in [2.05, 4.69) is 15.8 Å². The summed E-state index contributed by atoms with van der Waals surface area (Å²) in [7, 11) is -2.96. The van der Waals surface area contributed by atoms with Gasteiger partial charge in [-0.05, 0) is 91.3 Å². The van der Waals surface area contributed by atoms with Crippen LogP contribution in [0.4, 0.5) is 24.5 Å². The molecule has 0 spiro atoms. The van der Waals surface area contributed by atoms with Gasteiger partial charge < -0.3 is 14.8 Å². The second-order valence-electron chi connectivity index (χ2n) is 9.91. The van der Waals surface area contributed by atoms with Gasteiger partial charge in [-0.2, -0.15) is 18.3 Å². The summed E-state index contributed by atoms with van der Waals surface area (Å²) in [5, 5.41) is 5.89. The SMILES string of the molecule is COc1ccc(NC(=O)COc2ccc(/C=N\NC(=O)CN(c3ccc(Cl)c(C(F)(F)F)c3)S(=O)(=O)c3ccc(C)cc3)cc2)cc1. The summed E-state index contributed by atoms with van der Waals surface area (Å²) in [6, 6.07) is 21.3. The van der Waals surface area contributed by atoms with Crippen LogP contribution in [0.1, 0.15) is 16.7 Å². The molecule has 0 radical (unpaired) electrons. The smallest absolute Gasteiger partial charge is 0.417 e. The van der Waals surface area contributed by atoms with Crippen molar-refractivity contribution in [3.8, 4) is 11.5 Å². The molecule has 0 atom stereocenters. The molecule has 0 bridgehead atoms. The van der Waals surface area contributed by atoms with Gasteiger partial charge in [-0.15, -0.1) is 0 Å². The lowest BCUT2D eigenvalue weighted by atomic mass is 10.2. The van der Waals surface area contributed by atoms with E-state index >= 15 is 0 Å². The molecule has 0 aromatic heterocycles. The van der Waals surface area contributed by atoms with Gasteiger partial charge in [0.2, 0.25) is 0 Å². The van der Waals surface area contributed by atoms with Crippen molar-refractivity contribution in [3.63, 3.8) is 0 Å². The second-order valence-corrected chi connectivity index (χ2v) is 12.2. The number of benzene rings is 4. The number of carbonyl (C=O) groups is 2. The van der Waals surface area contributed by atoms with E-state index in [0.29, 0.717) is 33.1 Å². The molecule has 4 aromatic carbocycles. The molecule has 2 N–H and O–H groups in total. The van der Waals surface area contributed by atoms with Gasteiger partial charge in [-0.3, -0.25) is 13.9 Å². The van der Waals surface area contributed by atoms with E-state index < -0.39 is 44.9 Å². The molecule has 0 heterocycles. The zero-order valence-electron chi connectivity index (χ0n) is 24.9. The number of aryl methyl sites for hydroxylation is 1. The number of anilines is 2. The Hall–Kier alpha value is -5.08. The Labute approximate surface area is 273 Å². The van der Waals surface area contributed by atoms with Gasteiger partial charge in [0.05, 0.1) is 34.5 Å². The number of methoxy groups -OCH3 is 1. The van der Waals surface area contributed by atoms with Crippen molar-refractivity contribution in [2.75, 3.05) is 29.9 Å². The molecule has 10 nitrogen and oxygen atoms in total. The number of sulfonamides is 1. The fourth-order valence-corrected chi connectivity index (χ4v) is 5.69. The zero-order chi connectivity index (χ0) is 34.2. The molecule has 2 amide bonds. The van der Waals surface area contributed by atoms with Crippen molar-refractivity contribution >= 4 is 51.0 Å². The Morgan fingerprint density at radius 1 is 0.915 bits per heavy atom. The summed E-state index contributed by atoms with van der Waals surface area (Å²) < 4.78 is 78.9. The standard InChI is InChI=1S/C32H28ClF3N4O6S/c1-21-3-14-27(15-4-21)47(43,44)40(24-9-16-29(33)28(17-24)32(34,35)36)19-30(41)39-37-18-22-5-10-26(11-6-22)46-20-31(42)38-23-7-12-25(45-2)13-8-23/h3-18H,19-20H2,1-2H3,(H,38,42)(H,39,41)/b37-18-. The first-order valence-electron chi connectivity index (χ1n) is 13.7. The molecular formula is C32H28ClF3N4O6S. The third kappa shape index (κ3) is 9.47. The maximum atomic E-state index is 13.6. The fourth-order valence-electron chi connectivity index (χ4n) is 4.05. The van der Waals surface area contributed by atoms with Gasteiger partial charge in [0, 0.05) is 5.69 Å². The second kappa shape index (κ2) is 15.0. The highest BCUT2D eigenvalue weighted by Crippen LogP contribution is 2.38. The zero-order valence-corrected chi connectivity index (χ0v) is 26.5. The molecular weight excluding hydrogens is 661 g/mol. The summed E-state index contributed by atoms with van der Waals surface area (Å²) in [4.78, 5) is 24.8. The molecule has 4 rings (SSSR count). The average Bonchev–Trinajstić information content (AvgIpc) is 3.03. The molecule has 0 aliphatic carbocycles. The fraction of sp³-hybridized carbons (Fsp3) is 0.156. The lowest BCUT2D eigenvalue weighted by Crippen LogP contribution is -2.39. The van der Waals surface area contributed by atoms with Crippen LogP contribution in [0.5, 0.6) is 11.5 Å². The third-order valence-corrected chi connectivity index (χ3v) is 8.58. The van der Waals surface area contributed by atoms with Crippen molar-refractivity contribution in [3.05, 3.63) is 113 Å². The maximum Gasteiger partial charge on any atom is 0.417 e. The minimum atomic E-state index is -4.87. The lowest BCUT2D eigenvalue weighted by Gasteiger charge is -2.25. The third-order valence-electron chi connectivity index (χ3n) is 6.47. The molecule has 15 heteroatoms. The average molecular weight is 689 g/mol. The number of nitrogens with one attached hydrogen (secondary N) is 2. The Kier molecular flexibility index (Phi) is 11.1. The van der Waals surface area contributed by atoms with Crippen LogP contribution >= 0.6 is 11.6 Å². The van der Waals surface area contributed by atoms with Crippen LogP contribution in [0.3, 0.4) is 0 Å². The number of alkyl halides is 3. The van der Waals surface area contributed by atoms with Crippen molar-refractivity contribution in [1.82, 2.24) is 5.43 Å². The van der Waals surface area contributed by atoms with Crippen LogP contribution in [-0.2, 0) is 25.8 Å². The highest BCUT2D eigenvalue weighted by molar-refractivity contribution is 7.92. The number of nitrogens with zero attached hydrogens (tertiary/aromatic N) is 2. The van der Waals surface area contributed by atoms with Gasteiger partial charge in [-0.1, -0.05) is 29.3 Å². The minimum Gasteiger partial charge on any atom is -0.497 e. The number of rotatable bonds is 12. The van der Waals surface area contributed by atoms with Crippen LogP contribution in [0.25, 0.3) is 0 Å². The molecule has 4 aromatic rings. The Balaban J connectivity index is 1.40. The molecule has 0 aliphatic rings. The number of halogens is 4. The molecule has 0 saturated heterocycles. The Morgan fingerprint density at radius 3 is 2.17 bits per heavy atom. The van der Waals surface area contributed by atoms with Gasteiger partial charge in [0.25, 0.3) is 21.8 Å². The van der Waals surface area contributed by atoms with Crippen LogP contribution in [-0.4, -0.2) is 46.7 Å². The lowest BCUT2D eigenvalue weighted by molar-refractivity contribution is -0.137. The van der Waals surface area contributed by atoms with E-state index in [-0.39, 0.29) is 17.4 Å². The first-order valence-corrected chi connectivity index (χ1v) is 15.5. The molecule has 246 valence electrons. The van der Waals surface area contributed by atoms with E-state index in [1.807, 2.05) is 0 Å². The van der Waals surface area contributed by atoms with Gasteiger partial charge >= 0.3 is 6.18 Å². The normalized spacial score (nSPS) is 11.6. The first kappa shape index (κ1) is 34.8. The Bertz CT molecular complexity index is 1850. The van der Waals surface area contributed by atoms with E-state index in [0.717, 1.165) is 17.7 Å². The number of amides is 2. The quantitative estimate of drug-likeness (QED) is 0.138. The molecule has 47 heavy (non-hydrogen) atoms. The topological polar surface area (TPSA) is 126 Å². The summed E-state index contributed by atoms with van der Waals surface area (Å²) >= 11 is 5.73. The van der Waals surface area contributed by atoms with Crippen LogP contribution in [0.15, 0.2) is 101 Å². The number of ether oxygens (including phenoxy) is 2. The molecule has 0 unspecified atom stereocenters. The largest absolute Gasteiger partial charge is 0.497 e. The number of hydrogen-bond acceptors (Lipinski definition) is 7. The van der Waals surface area contributed by atoms with Crippen LogP contribution < -0.4 is 24.5 Å². The van der Waals surface area contributed by atoms with Crippen molar-refractivity contribution < 1.29 is 40.7 Å². The van der Waals surface area contributed by atoms with Gasteiger partial charge in [0.1, 0.15) is 18.0 Å². The maximum absolute atomic E-state index is 13.6. The van der Waals surface area contributed by atoms with Crippen molar-refractivity contribution in [2.45, 2.75) is 18.0 Å². The van der Waals surface area contributed by atoms with Crippen LogP contribution in [0, 0.1) is 6.92 Å². The van der Waals surface area contributed by atoms with E-state index in [1.165, 1.54) is 37.6 Å². The van der Waals surface area contributed by atoms with Gasteiger partial charge in [-0.25, -0.2) is 13.8 Å². The predicted octanol–water partition coefficient (Wildman–Crippen LogP) is 6.04. The van der Waals surface area contributed by atoms with E-state index in [4.69, 9.17) is 21.1 Å². The number of hydrazone groups is 1. The summed E-state index contributed by atoms with van der Waals surface area (Å²) in [6.45, 7) is 0.590. The Morgan fingerprint density at radius 2 is 1.55 bits per heavy atom. The molecule has 0 aliphatic heterocycles. The van der Waals surface area contributed by atoms with Crippen LogP contribution in [0.2, 0.25) is 5.02 Å². The summed E-state index contributed by atoms with van der Waals surface area (Å²) in [6.07, 6.45) is -3.61. The number of carbonyl (C=O) groups excluding carboxylic acids is 2. The predicted molar refractivity (Wildman–Crippen MR) is 171 cm³/mol. The summed E-state index contributed by atoms with van der Waals surface area (Å²) in [5.41, 5.74) is 2.34. The summed E-state index contributed by atoms with van der Waals surface area (Å²) in [5.74, 6) is -0.274. The van der Waals surface area contributed by atoms with E-state index in [1.54, 1.807) is 55.5 Å². The first-order chi connectivity index (χ1) is 22.3. The van der Waals surface area contributed by atoms with Gasteiger partial charge in [0.15, 0.2) is 6.61 Å². The highest BCUT2D eigenvalue weighted by atomic mass is 35.5. The highest BCUT2D eigenvalue weighted by Gasteiger charge is 2.35. The number of hydrogen-bond donors (Lipinski definition) is 2. The molecule has 0 saturated carbocycles.